The van der Waals surface area contributed by atoms with E-state index in [-0.39, 0.29) is 17.2 Å². The van der Waals surface area contributed by atoms with Crippen molar-refractivity contribution in [1.82, 2.24) is 4.90 Å². The molecule has 0 aromatic heterocycles. The van der Waals surface area contributed by atoms with Crippen LogP contribution in [-0.2, 0) is 4.74 Å². The monoisotopic (exact) mass is 203 g/mol. The van der Waals surface area contributed by atoms with Crippen LogP contribution in [0.2, 0.25) is 0 Å². The average molecular weight is 203 g/mol. The maximum Gasteiger partial charge on any atom is 0.410 e. The minimum atomic E-state index is -0.367. The molecule has 1 saturated heterocycles. The van der Waals surface area contributed by atoms with Crippen LogP contribution in [0, 0.1) is 0 Å². The van der Waals surface area contributed by atoms with Gasteiger partial charge in [0.05, 0.1) is 0 Å². The second kappa shape index (κ2) is 5.20. The molecule has 1 heterocycles. The smallest absolute Gasteiger partial charge is 0.410 e. The molecule has 0 spiro atoms. The summed E-state index contributed by atoms with van der Waals surface area (Å²) in [7, 11) is 0. The summed E-state index contributed by atoms with van der Waals surface area (Å²) in [5.74, 6) is 0. The topological polar surface area (TPSA) is 61.0 Å². The van der Waals surface area contributed by atoms with Crippen molar-refractivity contribution in [2.45, 2.75) is 45.6 Å². The standard InChI is InChI=1S/C10H19NO2.H2O/c1-10(2,3)13-9(12)11-7-5-4-6-8-11;/h4-8H2,1-3H3;1H2. The maximum atomic E-state index is 11.5. The van der Waals surface area contributed by atoms with E-state index in [9.17, 15) is 4.79 Å². The van der Waals surface area contributed by atoms with E-state index in [2.05, 4.69) is 0 Å². The second-order valence-electron chi connectivity index (χ2n) is 4.53. The highest BCUT2D eigenvalue weighted by atomic mass is 16.6. The predicted octanol–water partition coefficient (Wildman–Crippen LogP) is 1.58. The summed E-state index contributed by atoms with van der Waals surface area (Å²) >= 11 is 0. The first kappa shape index (κ1) is 13.2. The zero-order valence-electron chi connectivity index (χ0n) is 9.30. The molecule has 14 heavy (non-hydrogen) atoms. The minimum absolute atomic E-state index is 0. The normalized spacial score (nSPS) is 17.2. The van der Waals surface area contributed by atoms with Gasteiger partial charge in [-0.3, -0.25) is 0 Å². The van der Waals surface area contributed by atoms with Gasteiger partial charge in [0.25, 0.3) is 0 Å². The highest BCUT2D eigenvalue weighted by molar-refractivity contribution is 5.68. The van der Waals surface area contributed by atoms with Gasteiger partial charge >= 0.3 is 6.09 Å². The van der Waals surface area contributed by atoms with E-state index in [1.54, 1.807) is 4.90 Å². The van der Waals surface area contributed by atoms with Crippen molar-refractivity contribution in [3.05, 3.63) is 0 Å². The molecular formula is C10H21NO3. The van der Waals surface area contributed by atoms with Gasteiger partial charge in [0.15, 0.2) is 0 Å². The van der Waals surface area contributed by atoms with Crippen LogP contribution in [0.1, 0.15) is 40.0 Å². The number of hydrogen-bond acceptors (Lipinski definition) is 2. The molecule has 0 aromatic rings. The van der Waals surface area contributed by atoms with Gasteiger partial charge in [-0.25, -0.2) is 4.79 Å². The Morgan fingerprint density at radius 2 is 1.64 bits per heavy atom. The average Bonchev–Trinajstić information content (AvgIpc) is 2.03. The Bertz CT molecular complexity index is 180. The van der Waals surface area contributed by atoms with Crippen molar-refractivity contribution >= 4 is 6.09 Å². The first-order valence-electron chi connectivity index (χ1n) is 4.97. The van der Waals surface area contributed by atoms with Gasteiger partial charge in [-0.2, -0.15) is 0 Å². The van der Waals surface area contributed by atoms with Crippen LogP contribution in [0.4, 0.5) is 4.79 Å². The number of ether oxygens (including phenoxy) is 1. The first-order valence-corrected chi connectivity index (χ1v) is 4.97. The molecule has 0 radical (unpaired) electrons. The Balaban J connectivity index is 0.00000169. The van der Waals surface area contributed by atoms with E-state index in [0.29, 0.717) is 0 Å². The molecule has 0 aliphatic carbocycles. The van der Waals surface area contributed by atoms with Crippen LogP contribution in [0.15, 0.2) is 0 Å². The molecule has 4 nitrogen and oxygen atoms in total. The second-order valence-corrected chi connectivity index (χ2v) is 4.53. The Morgan fingerprint density at radius 3 is 2.07 bits per heavy atom. The SMILES string of the molecule is CC(C)(C)OC(=O)N1CCCCC1.O. The van der Waals surface area contributed by atoms with Gasteiger partial charge in [-0.05, 0) is 40.0 Å². The third-order valence-corrected chi connectivity index (χ3v) is 2.01. The molecule has 0 saturated carbocycles. The lowest BCUT2D eigenvalue weighted by atomic mass is 10.1. The maximum absolute atomic E-state index is 11.5. The molecule has 1 amide bonds. The zero-order chi connectivity index (χ0) is 9.90. The van der Waals surface area contributed by atoms with E-state index in [1.165, 1.54) is 6.42 Å². The Kier molecular flexibility index (Phi) is 4.91. The molecule has 0 bridgehead atoms. The summed E-state index contributed by atoms with van der Waals surface area (Å²) in [5.41, 5.74) is -0.367. The molecule has 0 atom stereocenters. The Labute approximate surface area is 85.5 Å². The van der Waals surface area contributed by atoms with Gasteiger partial charge < -0.3 is 15.1 Å². The molecule has 2 N–H and O–H groups in total. The van der Waals surface area contributed by atoms with E-state index < -0.39 is 0 Å². The number of amides is 1. The zero-order valence-corrected chi connectivity index (χ0v) is 9.30. The Morgan fingerprint density at radius 1 is 1.14 bits per heavy atom. The lowest BCUT2D eigenvalue weighted by Crippen LogP contribution is -2.39. The van der Waals surface area contributed by atoms with E-state index in [1.807, 2.05) is 20.8 Å². The largest absolute Gasteiger partial charge is 0.444 e. The number of carbonyl (C=O) groups excluding carboxylic acids is 1. The number of nitrogens with zero attached hydrogens (tertiary/aromatic N) is 1. The van der Waals surface area contributed by atoms with Gasteiger partial charge in [0.2, 0.25) is 0 Å². The summed E-state index contributed by atoms with van der Waals surface area (Å²) in [4.78, 5) is 13.3. The molecule has 0 unspecified atom stereocenters. The molecule has 1 aliphatic rings. The number of piperidine rings is 1. The molecule has 4 heteroatoms. The molecule has 1 fully saturated rings. The van der Waals surface area contributed by atoms with E-state index in [0.717, 1.165) is 25.9 Å². The molecule has 84 valence electrons. The van der Waals surface area contributed by atoms with Crippen molar-refractivity contribution in [2.24, 2.45) is 0 Å². The number of rotatable bonds is 0. The summed E-state index contributed by atoms with van der Waals surface area (Å²) < 4.78 is 5.26. The molecule has 1 rings (SSSR count). The fourth-order valence-corrected chi connectivity index (χ4v) is 1.40. The van der Waals surface area contributed by atoms with Crippen LogP contribution in [0.25, 0.3) is 0 Å². The van der Waals surface area contributed by atoms with Gasteiger partial charge in [-0.1, -0.05) is 0 Å². The van der Waals surface area contributed by atoms with Crippen LogP contribution >= 0.6 is 0 Å². The van der Waals surface area contributed by atoms with Crippen LogP contribution in [-0.4, -0.2) is 35.2 Å². The summed E-state index contributed by atoms with van der Waals surface area (Å²) in [6.45, 7) is 7.41. The third-order valence-electron chi connectivity index (χ3n) is 2.01. The third kappa shape index (κ3) is 4.46. The highest BCUT2D eigenvalue weighted by Gasteiger charge is 2.22. The minimum Gasteiger partial charge on any atom is -0.444 e. The van der Waals surface area contributed by atoms with Crippen molar-refractivity contribution in [3.63, 3.8) is 0 Å². The van der Waals surface area contributed by atoms with Gasteiger partial charge in [-0.15, -0.1) is 0 Å². The summed E-state index contributed by atoms with van der Waals surface area (Å²) in [6, 6.07) is 0. The lowest BCUT2D eigenvalue weighted by Gasteiger charge is -2.29. The number of carbonyl (C=O) groups is 1. The fraction of sp³-hybridized carbons (Fsp3) is 0.900. The van der Waals surface area contributed by atoms with E-state index in [4.69, 9.17) is 4.74 Å². The number of likely N-dealkylation sites (tertiary alicyclic amines) is 1. The predicted molar refractivity (Wildman–Crippen MR) is 55.3 cm³/mol. The van der Waals surface area contributed by atoms with Crippen molar-refractivity contribution in [2.75, 3.05) is 13.1 Å². The van der Waals surface area contributed by atoms with Crippen molar-refractivity contribution in [1.29, 1.82) is 0 Å². The summed E-state index contributed by atoms with van der Waals surface area (Å²) in [5, 5.41) is 0. The van der Waals surface area contributed by atoms with Crippen LogP contribution in [0.5, 0.6) is 0 Å². The molecule has 0 aromatic carbocycles. The van der Waals surface area contributed by atoms with E-state index >= 15 is 0 Å². The number of hydrogen-bond donors (Lipinski definition) is 0. The van der Waals surface area contributed by atoms with Crippen molar-refractivity contribution in [3.8, 4) is 0 Å². The Hall–Kier alpha value is -0.770. The van der Waals surface area contributed by atoms with Gasteiger partial charge in [0, 0.05) is 13.1 Å². The fourth-order valence-electron chi connectivity index (χ4n) is 1.40. The summed E-state index contributed by atoms with van der Waals surface area (Å²) in [6.07, 6.45) is 3.30. The van der Waals surface area contributed by atoms with Crippen LogP contribution in [0.3, 0.4) is 0 Å². The molecule has 1 aliphatic heterocycles. The molecular weight excluding hydrogens is 182 g/mol. The van der Waals surface area contributed by atoms with Crippen LogP contribution < -0.4 is 0 Å². The lowest BCUT2D eigenvalue weighted by molar-refractivity contribution is 0.0216. The highest BCUT2D eigenvalue weighted by Crippen LogP contribution is 2.14. The van der Waals surface area contributed by atoms with Gasteiger partial charge in [0.1, 0.15) is 5.60 Å². The quantitative estimate of drug-likeness (QED) is 0.600. The van der Waals surface area contributed by atoms with Crippen molar-refractivity contribution < 1.29 is 15.0 Å². The first-order chi connectivity index (χ1) is 5.99.